The molecule has 2 rings (SSSR count). The van der Waals surface area contributed by atoms with Crippen molar-refractivity contribution in [2.45, 2.75) is 33.6 Å². The summed E-state index contributed by atoms with van der Waals surface area (Å²) in [6, 6.07) is 7.66. The first-order valence-corrected chi connectivity index (χ1v) is 7.99. The molecular formula is C16H18N2O3S. The third-order valence-corrected chi connectivity index (χ3v) is 3.87. The maximum Gasteiger partial charge on any atom is 0.312 e. The molecule has 0 atom stereocenters. The van der Waals surface area contributed by atoms with E-state index in [4.69, 9.17) is 4.74 Å². The molecule has 0 aliphatic rings. The quantitative estimate of drug-likeness (QED) is 0.811. The van der Waals surface area contributed by atoms with Gasteiger partial charge in [0.05, 0.1) is 11.1 Å². The molecule has 0 spiro atoms. The number of thiazole rings is 1. The lowest BCUT2D eigenvalue weighted by Crippen LogP contribution is -2.24. The van der Waals surface area contributed by atoms with Crippen LogP contribution in [0.4, 0.5) is 5.69 Å². The molecule has 0 saturated heterocycles. The third-order valence-electron chi connectivity index (χ3n) is 3.07. The summed E-state index contributed by atoms with van der Waals surface area (Å²) in [4.78, 5) is 28.7. The molecule has 5 nitrogen and oxygen atoms in total. The summed E-state index contributed by atoms with van der Waals surface area (Å²) in [5.74, 6) is -0.304. The lowest BCUT2D eigenvalue weighted by molar-refractivity contribution is -0.134. The predicted molar refractivity (Wildman–Crippen MR) is 85.6 cm³/mol. The maximum atomic E-state index is 12.2. The number of benzene rings is 1. The van der Waals surface area contributed by atoms with Crippen molar-refractivity contribution in [1.29, 1.82) is 0 Å². The van der Waals surface area contributed by atoms with Crippen LogP contribution < -0.4 is 9.54 Å². The van der Waals surface area contributed by atoms with Gasteiger partial charge in [0.25, 0.3) is 0 Å². The second-order valence-corrected chi connectivity index (χ2v) is 5.50. The molecule has 22 heavy (non-hydrogen) atoms. The second kappa shape index (κ2) is 7.17. The first-order chi connectivity index (χ1) is 10.6. The standard InChI is InChI=1S/C16H18N2O3S/c1-4-13(19)18-14(21-15(20)5-2)10-22-16(18)17-12-9-7-6-8-11(12)3/h6-10H,4-5H2,1-3H3. The van der Waals surface area contributed by atoms with Gasteiger partial charge in [0.15, 0.2) is 4.80 Å². The molecule has 0 amide bonds. The van der Waals surface area contributed by atoms with Crippen molar-refractivity contribution < 1.29 is 14.3 Å². The van der Waals surface area contributed by atoms with Gasteiger partial charge < -0.3 is 4.74 Å². The van der Waals surface area contributed by atoms with E-state index in [9.17, 15) is 9.59 Å². The van der Waals surface area contributed by atoms with Crippen molar-refractivity contribution >= 4 is 28.9 Å². The summed E-state index contributed by atoms with van der Waals surface area (Å²) in [5.41, 5.74) is 1.80. The van der Waals surface area contributed by atoms with Gasteiger partial charge in [0.2, 0.25) is 11.8 Å². The zero-order valence-electron chi connectivity index (χ0n) is 12.8. The molecule has 0 unspecified atom stereocenters. The van der Waals surface area contributed by atoms with E-state index >= 15 is 0 Å². The van der Waals surface area contributed by atoms with Crippen LogP contribution in [0.15, 0.2) is 34.6 Å². The smallest absolute Gasteiger partial charge is 0.312 e. The molecule has 2 aromatic rings. The molecule has 1 aromatic carbocycles. The van der Waals surface area contributed by atoms with Crippen molar-refractivity contribution in [2.24, 2.45) is 4.99 Å². The van der Waals surface area contributed by atoms with E-state index in [1.165, 1.54) is 15.9 Å². The van der Waals surface area contributed by atoms with Gasteiger partial charge in [0.1, 0.15) is 0 Å². The Morgan fingerprint density at radius 1 is 1.23 bits per heavy atom. The fourth-order valence-electron chi connectivity index (χ4n) is 1.82. The normalized spacial score (nSPS) is 11.5. The number of rotatable bonds is 4. The largest absolute Gasteiger partial charge is 0.408 e. The van der Waals surface area contributed by atoms with Gasteiger partial charge in [0, 0.05) is 12.8 Å². The van der Waals surface area contributed by atoms with Crippen molar-refractivity contribution in [2.75, 3.05) is 0 Å². The van der Waals surface area contributed by atoms with Crippen LogP contribution in [0.1, 0.15) is 37.0 Å². The summed E-state index contributed by atoms with van der Waals surface area (Å²) in [6.45, 7) is 5.42. The third kappa shape index (κ3) is 3.51. The highest BCUT2D eigenvalue weighted by Crippen LogP contribution is 2.19. The number of hydrogen-bond acceptors (Lipinski definition) is 5. The molecule has 0 fully saturated rings. The van der Waals surface area contributed by atoms with Crippen molar-refractivity contribution in [3.63, 3.8) is 0 Å². The maximum absolute atomic E-state index is 12.2. The van der Waals surface area contributed by atoms with E-state index in [0.717, 1.165) is 11.3 Å². The Hall–Kier alpha value is -2.21. The Morgan fingerprint density at radius 3 is 2.59 bits per heavy atom. The highest BCUT2D eigenvalue weighted by molar-refractivity contribution is 7.07. The van der Waals surface area contributed by atoms with Gasteiger partial charge in [-0.3, -0.25) is 9.59 Å². The number of para-hydroxylation sites is 1. The Bertz CT molecular complexity index is 759. The zero-order valence-corrected chi connectivity index (χ0v) is 13.6. The number of carbonyl (C=O) groups excluding carboxylic acids is 2. The number of aryl methyl sites for hydroxylation is 1. The minimum atomic E-state index is -0.377. The average molecular weight is 318 g/mol. The van der Waals surface area contributed by atoms with Crippen LogP contribution >= 0.6 is 11.3 Å². The number of ether oxygens (including phenoxy) is 1. The van der Waals surface area contributed by atoms with Gasteiger partial charge >= 0.3 is 5.97 Å². The fourth-order valence-corrected chi connectivity index (χ4v) is 2.63. The molecule has 0 N–H and O–H groups in total. The van der Waals surface area contributed by atoms with E-state index in [2.05, 4.69) is 4.99 Å². The highest BCUT2D eigenvalue weighted by Gasteiger charge is 2.15. The van der Waals surface area contributed by atoms with Gasteiger partial charge in [-0.05, 0) is 18.6 Å². The number of aromatic nitrogens is 1. The van der Waals surface area contributed by atoms with Crippen LogP contribution in [-0.4, -0.2) is 16.4 Å². The summed E-state index contributed by atoms with van der Waals surface area (Å²) >= 11 is 1.27. The van der Waals surface area contributed by atoms with Crippen LogP contribution in [0.25, 0.3) is 0 Å². The first kappa shape index (κ1) is 16.2. The van der Waals surface area contributed by atoms with Crippen LogP contribution in [0.2, 0.25) is 0 Å². The topological polar surface area (TPSA) is 60.7 Å². The predicted octanol–water partition coefficient (Wildman–Crippen LogP) is 3.46. The minimum absolute atomic E-state index is 0.160. The molecule has 1 heterocycles. The van der Waals surface area contributed by atoms with Gasteiger partial charge in [-0.1, -0.05) is 32.0 Å². The monoisotopic (exact) mass is 318 g/mol. The van der Waals surface area contributed by atoms with Crippen LogP contribution in [0.5, 0.6) is 5.88 Å². The SMILES string of the molecule is CCC(=O)Oc1csc(=Nc2ccccc2C)n1C(=O)CC. The molecule has 0 radical (unpaired) electrons. The van der Waals surface area contributed by atoms with Crippen molar-refractivity contribution in [3.05, 3.63) is 40.0 Å². The Morgan fingerprint density at radius 2 is 1.95 bits per heavy atom. The number of hydrogen-bond donors (Lipinski definition) is 0. The first-order valence-electron chi connectivity index (χ1n) is 7.11. The van der Waals surface area contributed by atoms with E-state index in [-0.39, 0.29) is 24.2 Å². The van der Waals surface area contributed by atoms with Gasteiger partial charge in [-0.15, -0.1) is 11.3 Å². The van der Waals surface area contributed by atoms with Crippen LogP contribution in [0, 0.1) is 6.92 Å². The highest BCUT2D eigenvalue weighted by atomic mass is 32.1. The average Bonchev–Trinajstić information content (AvgIpc) is 2.91. The zero-order chi connectivity index (χ0) is 16.1. The van der Waals surface area contributed by atoms with E-state index in [1.54, 1.807) is 19.2 Å². The lowest BCUT2D eigenvalue weighted by Gasteiger charge is -2.06. The van der Waals surface area contributed by atoms with Crippen LogP contribution in [0.3, 0.4) is 0 Å². The van der Waals surface area contributed by atoms with E-state index in [1.807, 2.05) is 31.2 Å². The van der Waals surface area contributed by atoms with Gasteiger partial charge in [-0.2, -0.15) is 0 Å². The van der Waals surface area contributed by atoms with E-state index < -0.39 is 0 Å². The summed E-state index contributed by atoms with van der Waals surface area (Å²) in [7, 11) is 0. The molecule has 6 heteroatoms. The molecule has 1 aromatic heterocycles. The number of carbonyl (C=O) groups is 2. The Kier molecular flexibility index (Phi) is 5.27. The Balaban J connectivity index is 2.55. The minimum Gasteiger partial charge on any atom is -0.408 e. The lowest BCUT2D eigenvalue weighted by atomic mass is 10.2. The molecule has 0 aliphatic carbocycles. The molecule has 0 saturated carbocycles. The second-order valence-electron chi connectivity index (χ2n) is 4.67. The van der Waals surface area contributed by atoms with Crippen molar-refractivity contribution in [3.8, 4) is 5.88 Å². The molecule has 0 bridgehead atoms. The summed E-state index contributed by atoms with van der Waals surface area (Å²) in [6.07, 6.45) is 0.550. The van der Waals surface area contributed by atoms with Crippen LogP contribution in [-0.2, 0) is 4.79 Å². The van der Waals surface area contributed by atoms with Gasteiger partial charge in [-0.25, -0.2) is 9.56 Å². The Labute approximate surface area is 132 Å². The molecular weight excluding hydrogens is 300 g/mol. The number of nitrogens with zero attached hydrogens (tertiary/aromatic N) is 2. The summed E-state index contributed by atoms with van der Waals surface area (Å²) in [5, 5.41) is 1.64. The summed E-state index contributed by atoms with van der Waals surface area (Å²) < 4.78 is 6.59. The fraction of sp³-hybridized carbons (Fsp3) is 0.312. The van der Waals surface area contributed by atoms with Crippen molar-refractivity contribution in [1.82, 2.24) is 4.57 Å². The number of esters is 1. The molecule has 0 aliphatic heterocycles. The molecule has 116 valence electrons. The van der Waals surface area contributed by atoms with E-state index in [0.29, 0.717) is 11.2 Å².